The lowest BCUT2D eigenvalue weighted by Gasteiger charge is -2.19. The van der Waals surface area contributed by atoms with Gasteiger partial charge in [-0.3, -0.25) is 4.79 Å². The summed E-state index contributed by atoms with van der Waals surface area (Å²) in [6.07, 6.45) is 2.89. The molecule has 1 aromatic rings. The Hall–Kier alpha value is -1.77. The lowest BCUT2D eigenvalue weighted by Crippen LogP contribution is -2.31. The highest BCUT2D eigenvalue weighted by Gasteiger charge is 2.26. The lowest BCUT2D eigenvalue weighted by atomic mass is 10.1. The second-order valence-electron chi connectivity index (χ2n) is 4.39. The van der Waals surface area contributed by atoms with Crippen molar-refractivity contribution >= 4 is 5.91 Å². The summed E-state index contributed by atoms with van der Waals surface area (Å²) in [7, 11) is 3.51. The van der Waals surface area contributed by atoms with Crippen LogP contribution in [0.5, 0.6) is 5.75 Å². The number of rotatable bonds is 3. The molecule has 1 unspecified atom stereocenters. The summed E-state index contributed by atoms with van der Waals surface area (Å²) in [4.78, 5) is 13.4. The van der Waals surface area contributed by atoms with Gasteiger partial charge in [0.05, 0.1) is 13.2 Å². The van der Waals surface area contributed by atoms with Gasteiger partial charge < -0.3 is 9.64 Å². The number of ether oxygens (including phenoxy) is 1. The molecule has 17 heavy (non-hydrogen) atoms. The molecule has 90 valence electrons. The summed E-state index contributed by atoms with van der Waals surface area (Å²) in [5.41, 5.74) is 2.05. The number of methoxy groups -OCH3 is 1. The summed E-state index contributed by atoms with van der Waals surface area (Å²) < 4.78 is 5.12. The molecule has 0 saturated heterocycles. The van der Waals surface area contributed by atoms with E-state index in [-0.39, 0.29) is 11.9 Å². The first-order chi connectivity index (χ1) is 8.11. The first-order valence-electron chi connectivity index (χ1n) is 5.70. The number of carbonyl (C=O) groups is 1. The van der Waals surface area contributed by atoms with Gasteiger partial charge in [-0.1, -0.05) is 18.2 Å². The Morgan fingerprint density at radius 2 is 1.94 bits per heavy atom. The fraction of sp³-hybridized carbons (Fsp3) is 0.357. The van der Waals surface area contributed by atoms with Crippen LogP contribution in [-0.2, 0) is 11.2 Å². The van der Waals surface area contributed by atoms with Gasteiger partial charge in [0.15, 0.2) is 0 Å². The Kier molecular flexibility index (Phi) is 3.18. The summed E-state index contributed by atoms with van der Waals surface area (Å²) in [5.74, 6) is 0.986. The Morgan fingerprint density at radius 3 is 2.41 bits per heavy atom. The first-order valence-corrected chi connectivity index (χ1v) is 5.70. The molecule has 0 N–H and O–H groups in total. The SMILES string of the molecule is COc1ccc(CC2C=C(C)C(=O)N2C)cc1. The van der Waals surface area contributed by atoms with E-state index in [4.69, 9.17) is 4.74 Å². The number of hydrogen-bond acceptors (Lipinski definition) is 2. The normalized spacial score (nSPS) is 19.5. The van der Waals surface area contributed by atoms with Crippen LogP contribution >= 0.6 is 0 Å². The number of likely N-dealkylation sites (N-methyl/N-ethyl adjacent to an activating group) is 1. The molecule has 1 amide bonds. The van der Waals surface area contributed by atoms with Crippen molar-refractivity contribution in [3.05, 3.63) is 41.5 Å². The van der Waals surface area contributed by atoms with Crippen LogP contribution in [0.3, 0.4) is 0 Å². The highest BCUT2D eigenvalue weighted by Crippen LogP contribution is 2.20. The van der Waals surface area contributed by atoms with Crippen molar-refractivity contribution < 1.29 is 9.53 Å². The van der Waals surface area contributed by atoms with Crippen molar-refractivity contribution in [1.82, 2.24) is 4.90 Å². The van der Waals surface area contributed by atoms with E-state index in [1.807, 2.05) is 44.3 Å². The van der Waals surface area contributed by atoms with Crippen LogP contribution in [0, 0.1) is 0 Å². The first kappa shape index (κ1) is 11.7. The maximum absolute atomic E-state index is 11.6. The third-order valence-electron chi connectivity index (χ3n) is 3.20. The van der Waals surface area contributed by atoms with Crippen molar-refractivity contribution in [3.8, 4) is 5.75 Å². The fourth-order valence-corrected chi connectivity index (χ4v) is 2.10. The van der Waals surface area contributed by atoms with Gasteiger partial charge in [0, 0.05) is 12.6 Å². The standard InChI is InChI=1S/C14H17NO2/c1-10-8-12(15(2)14(10)16)9-11-4-6-13(17-3)7-5-11/h4-8,12H,9H2,1-3H3. The molecule has 0 spiro atoms. The van der Waals surface area contributed by atoms with Crippen LogP contribution in [0.15, 0.2) is 35.9 Å². The minimum absolute atomic E-state index is 0.128. The van der Waals surface area contributed by atoms with Gasteiger partial charge in [0.25, 0.3) is 0 Å². The minimum atomic E-state index is 0.128. The molecule has 0 bridgehead atoms. The van der Waals surface area contributed by atoms with Crippen LogP contribution in [0.25, 0.3) is 0 Å². The molecule has 0 fully saturated rings. The largest absolute Gasteiger partial charge is 0.497 e. The third kappa shape index (κ3) is 2.33. The average Bonchev–Trinajstić information content (AvgIpc) is 2.58. The van der Waals surface area contributed by atoms with E-state index in [0.29, 0.717) is 0 Å². The number of benzene rings is 1. The molecule has 1 aliphatic rings. The number of nitrogens with zero attached hydrogens (tertiary/aromatic N) is 1. The quantitative estimate of drug-likeness (QED) is 0.796. The van der Waals surface area contributed by atoms with Crippen LogP contribution in [-0.4, -0.2) is 31.0 Å². The second kappa shape index (κ2) is 4.62. The van der Waals surface area contributed by atoms with Gasteiger partial charge in [-0.2, -0.15) is 0 Å². The fourth-order valence-electron chi connectivity index (χ4n) is 2.10. The predicted molar refractivity (Wildman–Crippen MR) is 67.0 cm³/mol. The molecule has 1 aromatic carbocycles. The minimum Gasteiger partial charge on any atom is -0.497 e. The molecule has 0 aromatic heterocycles. The van der Waals surface area contributed by atoms with Crippen LogP contribution in [0.2, 0.25) is 0 Å². The van der Waals surface area contributed by atoms with Crippen molar-refractivity contribution in [2.24, 2.45) is 0 Å². The molecular weight excluding hydrogens is 214 g/mol. The van der Waals surface area contributed by atoms with Crippen molar-refractivity contribution in [3.63, 3.8) is 0 Å². The van der Waals surface area contributed by atoms with Gasteiger partial charge in [-0.15, -0.1) is 0 Å². The zero-order chi connectivity index (χ0) is 12.4. The Balaban J connectivity index is 2.08. The van der Waals surface area contributed by atoms with Gasteiger partial charge in [-0.25, -0.2) is 0 Å². The van der Waals surface area contributed by atoms with E-state index in [9.17, 15) is 4.79 Å². The molecule has 0 aliphatic carbocycles. The highest BCUT2D eigenvalue weighted by molar-refractivity contribution is 5.95. The zero-order valence-electron chi connectivity index (χ0n) is 10.4. The van der Waals surface area contributed by atoms with Crippen molar-refractivity contribution in [1.29, 1.82) is 0 Å². The molecule has 1 atom stereocenters. The van der Waals surface area contributed by atoms with Gasteiger partial charge in [-0.05, 0) is 31.0 Å². The zero-order valence-corrected chi connectivity index (χ0v) is 10.4. The van der Waals surface area contributed by atoms with Gasteiger partial charge in [0.1, 0.15) is 5.75 Å². The second-order valence-corrected chi connectivity index (χ2v) is 4.39. The molecule has 3 heteroatoms. The number of amides is 1. The van der Waals surface area contributed by atoms with Crippen molar-refractivity contribution in [2.45, 2.75) is 19.4 Å². The van der Waals surface area contributed by atoms with E-state index >= 15 is 0 Å². The Morgan fingerprint density at radius 1 is 1.29 bits per heavy atom. The van der Waals surface area contributed by atoms with E-state index in [2.05, 4.69) is 0 Å². The summed E-state index contributed by atoms with van der Waals surface area (Å²) >= 11 is 0. The molecule has 1 aliphatic heterocycles. The number of carbonyl (C=O) groups excluding carboxylic acids is 1. The van der Waals surface area contributed by atoms with Gasteiger partial charge in [0.2, 0.25) is 5.91 Å². The van der Waals surface area contributed by atoms with Crippen LogP contribution < -0.4 is 4.74 Å². The summed E-state index contributed by atoms with van der Waals surface area (Å²) in [5, 5.41) is 0. The Bertz CT molecular complexity index is 448. The molecule has 1 heterocycles. The van der Waals surface area contributed by atoms with E-state index < -0.39 is 0 Å². The lowest BCUT2D eigenvalue weighted by molar-refractivity contribution is -0.125. The maximum Gasteiger partial charge on any atom is 0.249 e. The summed E-state index contributed by atoms with van der Waals surface area (Å²) in [6, 6.07) is 8.15. The number of hydrogen-bond donors (Lipinski definition) is 0. The smallest absolute Gasteiger partial charge is 0.249 e. The predicted octanol–water partition coefficient (Wildman–Crippen LogP) is 2.02. The van der Waals surface area contributed by atoms with E-state index in [1.165, 1.54) is 5.56 Å². The summed E-state index contributed by atoms with van der Waals surface area (Å²) in [6.45, 7) is 1.87. The molecule has 0 radical (unpaired) electrons. The van der Waals surface area contributed by atoms with Crippen LogP contribution in [0.1, 0.15) is 12.5 Å². The van der Waals surface area contributed by atoms with E-state index in [1.54, 1.807) is 12.0 Å². The molecular formula is C14H17NO2. The average molecular weight is 231 g/mol. The monoisotopic (exact) mass is 231 g/mol. The topological polar surface area (TPSA) is 29.5 Å². The third-order valence-corrected chi connectivity index (χ3v) is 3.20. The maximum atomic E-state index is 11.6. The van der Waals surface area contributed by atoms with Crippen LogP contribution in [0.4, 0.5) is 0 Å². The van der Waals surface area contributed by atoms with Gasteiger partial charge >= 0.3 is 0 Å². The molecule has 0 saturated carbocycles. The van der Waals surface area contributed by atoms with Crippen molar-refractivity contribution in [2.75, 3.05) is 14.2 Å². The molecule has 2 rings (SSSR count). The van der Waals surface area contributed by atoms with E-state index in [0.717, 1.165) is 17.7 Å². The highest BCUT2D eigenvalue weighted by atomic mass is 16.5. The Labute approximate surface area is 102 Å². The molecule has 3 nitrogen and oxygen atoms in total.